The van der Waals surface area contributed by atoms with Crippen molar-refractivity contribution in [1.29, 1.82) is 0 Å². The number of hydrogen-bond acceptors (Lipinski definition) is 3. The molecule has 0 saturated heterocycles. The normalized spacial score (nSPS) is 10.4. The lowest BCUT2D eigenvalue weighted by Crippen LogP contribution is -2.41. The Kier molecular flexibility index (Phi) is 4.62. The molecule has 5 nitrogen and oxygen atoms in total. The minimum atomic E-state index is -1.04. The van der Waals surface area contributed by atoms with E-state index in [1.807, 2.05) is 0 Å². The average Bonchev–Trinajstić information content (AvgIpc) is 2.24. The summed E-state index contributed by atoms with van der Waals surface area (Å²) >= 11 is 3.17. The molecular formula is C11H13BrN2O3. The molecule has 6 heteroatoms. The second kappa shape index (κ2) is 5.77. The summed E-state index contributed by atoms with van der Waals surface area (Å²) < 4.78 is 0.544. The van der Waals surface area contributed by atoms with Gasteiger partial charge in [0, 0.05) is 6.04 Å². The van der Waals surface area contributed by atoms with Gasteiger partial charge < -0.3 is 10.0 Å². The van der Waals surface area contributed by atoms with E-state index >= 15 is 0 Å². The van der Waals surface area contributed by atoms with Gasteiger partial charge in [-0.15, -0.1) is 0 Å². The molecule has 0 bridgehead atoms. The number of hydrogen-bond donors (Lipinski definition) is 1. The highest BCUT2D eigenvalue weighted by atomic mass is 79.9. The average molecular weight is 301 g/mol. The number of halogens is 1. The molecule has 0 unspecified atom stereocenters. The van der Waals surface area contributed by atoms with Crippen LogP contribution in [0.25, 0.3) is 0 Å². The predicted octanol–water partition coefficient (Wildman–Crippen LogP) is 1.78. The second-order valence-electron chi connectivity index (χ2n) is 3.77. The third-order valence-corrected chi connectivity index (χ3v) is 2.57. The fraction of sp³-hybridized carbons (Fsp3) is 0.364. The SMILES string of the molecule is CC(C)N(CC(=O)O)C(=O)c1cccc(Br)n1. The largest absolute Gasteiger partial charge is 0.480 e. The number of carbonyl (C=O) groups is 2. The maximum Gasteiger partial charge on any atom is 0.323 e. The minimum Gasteiger partial charge on any atom is -0.480 e. The highest BCUT2D eigenvalue weighted by Gasteiger charge is 2.22. The van der Waals surface area contributed by atoms with Gasteiger partial charge in [0.25, 0.3) is 5.91 Å². The zero-order valence-corrected chi connectivity index (χ0v) is 11.1. The van der Waals surface area contributed by atoms with E-state index in [-0.39, 0.29) is 24.2 Å². The standard InChI is InChI=1S/C11H13BrN2O3/c1-7(2)14(6-10(15)16)11(17)8-4-3-5-9(12)13-8/h3-5,7H,6H2,1-2H3,(H,15,16). The molecule has 1 rings (SSSR count). The number of carboxylic acids is 1. The quantitative estimate of drug-likeness (QED) is 0.861. The van der Waals surface area contributed by atoms with Gasteiger partial charge in [0.1, 0.15) is 16.8 Å². The Morgan fingerprint density at radius 2 is 2.12 bits per heavy atom. The Morgan fingerprint density at radius 3 is 2.59 bits per heavy atom. The molecule has 0 radical (unpaired) electrons. The van der Waals surface area contributed by atoms with Crippen LogP contribution in [0.3, 0.4) is 0 Å². The lowest BCUT2D eigenvalue weighted by molar-refractivity contribution is -0.138. The Balaban J connectivity index is 2.95. The van der Waals surface area contributed by atoms with E-state index < -0.39 is 5.97 Å². The van der Waals surface area contributed by atoms with Crippen molar-refractivity contribution in [2.75, 3.05) is 6.54 Å². The van der Waals surface area contributed by atoms with Crippen LogP contribution in [0.4, 0.5) is 0 Å². The molecule has 0 spiro atoms. The van der Waals surface area contributed by atoms with Gasteiger partial charge in [-0.3, -0.25) is 9.59 Å². The van der Waals surface area contributed by atoms with Crippen LogP contribution in [-0.4, -0.2) is 39.5 Å². The summed E-state index contributed by atoms with van der Waals surface area (Å²) in [6.45, 7) is 3.20. The molecule has 1 aromatic heterocycles. The number of aromatic nitrogens is 1. The van der Waals surface area contributed by atoms with Crippen LogP contribution in [-0.2, 0) is 4.79 Å². The molecule has 0 aliphatic carbocycles. The number of amides is 1. The summed E-state index contributed by atoms with van der Waals surface area (Å²) in [6, 6.07) is 4.75. The van der Waals surface area contributed by atoms with Gasteiger partial charge >= 0.3 is 5.97 Å². The number of aliphatic carboxylic acids is 1. The van der Waals surface area contributed by atoms with Gasteiger partial charge in [0.15, 0.2) is 0 Å². The van der Waals surface area contributed by atoms with Crippen molar-refractivity contribution in [2.24, 2.45) is 0 Å². The van der Waals surface area contributed by atoms with E-state index in [0.29, 0.717) is 4.60 Å². The molecule has 1 amide bonds. The first-order chi connectivity index (χ1) is 7.91. The van der Waals surface area contributed by atoms with Crippen molar-refractivity contribution in [3.05, 3.63) is 28.5 Å². The molecule has 0 atom stereocenters. The fourth-order valence-corrected chi connectivity index (χ4v) is 1.65. The highest BCUT2D eigenvalue weighted by Crippen LogP contribution is 2.10. The van der Waals surface area contributed by atoms with Gasteiger partial charge in [0.05, 0.1) is 0 Å². The second-order valence-corrected chi connectivity index (χ2v) is 4.58. The summed E-state index contributed by atoms with van der Waals surface area (Å²) in [5.41, 5.74) is 0.231. The van der Waals surface area contributed by atoms with Gasteiger partial charge in [-0.05, 0) is 41.9 Å². The zero-order chi connectivity index (χ0) is 13.0. The van der Waals surface area contributed by atoms with E-state index in [0.717, 1.165) is 0 Å². The first-order valence-corrected chi connectivity index (χ1v) is 5.86. The van der Waals surface area contributed by atoms with Gasteiger partial charge in [0.2, 0.25) is 0 Å². The summed E-state index contributed by atoms with van der Waals surface area (Å²) in [7, 11) is 0. The number of rotatable bonds is 4. The summed E-state index contributed by atoms with van der Waals surface area (Å²) in [6.07, 6.45) is 0. The van der Waals surface area contributed by atoms with Crippen LogP contribution in [0.2, 0.25) is 0 Å². The molecule has 1 aromatic rings. The number of carboxylic acid groups (broad SMARTS) is 1. The molecule has 1 heterocycles. The number of nitrogens with zero attached hydrogens (tertiary/aromatic N) is 2. The maximum atomic E-state index is 12.1. The fourth-order valence-electron chi connectivity index (χ4n) is 1.31. The first kappa shape index (κ1) is 13.6. The number of carbonyl (C=O) groups excluding carboxylic acids is 1. The first-order valence-electron chi connectivity index (χ1n) is 5.07. The van der Waals surface area contributed by atoms with Crippen molar-refractivity contribution < 1.29 is 14.7 Å². The van der Waals surface area contributed by atoms with Crippen LogP contribution in [0, 0.1) is 0 Å². The zero-order valence-electron chi connectivity index (χ0n) is 9.55. The highest BCUT2D eigenvalue weighted by molar-refractivity contribution is 9.10. The smallest absolute Gasteiger partial charge is 0.323 e. The van der Waals surface area contributed by atoms with E-state index in [1.54, 1.807) is 32.0 Å². The monoisotopic (exact) mass is 300 g/mol. The van der Waals surface area contributed by atoms with Crippen molar-refractivity contribution in [3.8, 4) is 0 Å². The van der Waals surface area contributed by atoms with Crippen LogP contribution < -0.4 is 0 Å². The van der Waals surface area contributed by atoms with E-state index in [4.69, 9.17) is 5.11 Å². The molecule has 92 valence electrons. The molecule has 0 aromatic carbocycles. The Hall–Kier alpha value is -1.43. The van der Waals surface area contributed by atoms with Gasteiger partial charge in [-0.1, -0.05) is 6.07 Å². The van der Waals surface area contributed by atoms with Crippen LogP contribution >= 0.6 is 15.9 Å². The van der Waals surface area contributed by atoms with Gasteiger partial charge in [-0.2, -0.15) is 0 Å². The molecule has 0 fully saturated rings. The Labute approximate surface area is 108 Å². The Morgan fingerprint density at radius 1 is 1.47 bits per heavy atom. The van der Waals surface area contributed by atoms with E-state index in [1.165, 1.54) is 4.90 Å². The van der Waals surface area contributed by atoms with E-state index in [2.05, 4.69) is 20.9 Å². The van der Waals surface area contributed by atoms with Gasteiger partial charge in [-0.25, -0.2) is 4.98 Å². The van der Waals surface area contributed by atoms with Crippen molar-refractivity contribution >= 4 is 27.8 Å². The summed E-state index contributed by atoms with van der Waals surface area (Å²) in [5.74, 6) is -1.43. The van der Waals surface area contributed by atoms with E-state index in [9.17, 15) is 9.59 Å². The molecule has 0 saturated carbocycles. The third-order valence-electron chi connectivity index (χ3n) is 2.12. The lowest BCUT2D eigenvalue weighted by Gasteiger charge is -2.24. The van der Waals surface area contributed by atoms with Crippen molar-refractivity contribution in [1.82, 2.24) is 9.88 Å². The van der Waals surface area contributed by atoms with Crippen molar-refractivity contribution in [3.63, 3.8) is 0 Å². The topological polar surface area (TPSA) is 70.5 Å². The predicted molar refractivity (Wildman–Crippen MR) is 65.7 cm³/mol. The minimum absolute atomic E-state index is 0.195. The maximum absolute atomic E-state index is 12.1. The van der Waals surface area contributed by atoms with Crippen LogP contribution in [0.15, 0.2) is 22.8 Å². The summed E-state index contributed by atoms with van der Waals surface area (Å²) in [4.78, 5) is 28.0. The molecule has 1 N–H and O–H groups in total. The Bertz CT molecular complexity index is 434. The number of pyridine rings is 1. The van der Waals surface area contributed by atoms with Crippen LogP contribution in [0.5, 0.6) is 0 Å². The molecule has 17 heavy (non-hydrogen) atoms. The lowest BCUT2D eigenvalue weighted by atomic mass is 10.2. The van der Waals surface area contributed by atoms with Crippen LogP contribution in [0.1, 0.15) is 24.3 Å². The third kappa shape index (κ3) is 3.81. The molecular weight excluding hydrogens is 288 g/mol. The molecule has 0 aliphatic heterocycles. The van der Waals surface area contributed by atoms with Crippen molar-refractivity contribution in [2.45, 2.75) is 19.9 Å². The summed E-state index contributed by atoms with van der Waals surface area (Å²) in [5, 5.41) is 8.76. The molecule has 0 aliphatic rings.